The molecule has 4 rings (SSSR count). The minimum Gasteiger partial charge on any atom is -0.346 e. The van der Waals surface area contributed by atoms with Crippen molar-refractivity contribution >= 4 is 23.2 Å². The van der Waals surface area contributed by atoms with E-state index < -0.39 is 11.7 Å². The summed E-state index contributed by atoms with van der Waals surface area (Å²) in [4.78, 5) is 31.2. The molecular weight excluding hydrogens is 449 g/mol. The van der Waals surface area contributed by atoms with Crippen molar-refractivity contribution in [1.29, 1.82) is 0 Å². The second-order valence-electron chi connectivity index (χ2n) is 7.98. The Morgan fingerprint density at radius 2 is 1.74 bits per heavy atom. The maximum absolute atomic E-state index is 13.2. The van der Waals surface area contributed by atoms with Crippen molar-refractivity contribution in [3.8, 4) is 0 Å². The van der Waals surface area contributed by atoms with Gasteiger partial charge in [0.2, 0.25) is 0 Å². The van der Waals surface area contributed by atoms with Gasteiger partial charge < -0.3 is 9.88 Å². The highest BCUT2D eigenvalue weighted by Gasteiger charge is 2.12. The van der Waals surface area contributed by atoms with Gasteiger partial charge in [-0.2, -0.15) is 4.99 Å². The number of rotatable bonds is 6. The van der Waals surface area contributed by atoms with E-state index in [1.807, 2.05) is 73.1 Å². The topological polar surface area (TPSA) is 63.5 Å². The molecule has 0 aliphatic heterocycles. The molecule has 0 aliphatic rings. The second kappa shape index (κ2) is 10.4. The molecule has 0 radical (unpaired) electrons. The zero-order chi connectivity index (χ0) is 24.1. The Balaban J connectivity index is 1.53. The molecular formula is C27H24FN3O2S. The zero-order valence-corrected chi connectivity index (χ0v) is 19.7. The number of amides is 2. The molecule has 2 amide bonds. The number of nitrogens with zero attached hydrogens (tertiary/aromatic N) is 2. The van der Waals surface area contributed by atoms with Crippen LogP contribution < -0.4 is 10.1 Å². The molecule has 34 heavy (non-hydrogen) atoms. The lowest BCUT2D eigenvalue weighted by molar-refractivity contribution is 0.0938. The molecule has 0 saturated carbocycles. The number of aromatic nitrogens is 1. The maximum Gasteiger partial charge on any atom is 0.279 e. The second-order valence-corrected chi connectivity index (χ2v) is 9.20. The third-order valence-corrected chi connectivity index (χ3v) is 6.25. The lowest BCUT2D eigenvalue weighted by atomic mass is 10.1. The van der Waals surface area contributed by atoms with Crippen LogP contribution in [0.1, 0.15) is 49.7 Å². The van der Waals surface area contributed by atoms with Gasteiger partial charge >= 0.3 is 0 Å². The smallest absolute Gasteiger partial charge is 0.279 e. The predicted molar refractivity (Wildman–Crippen MR) is 131 cm³/mol. The minimum absolute atomic E-state index is 0.117. The molecule has 1 atom stereocenters. The number of carbonyl (C=O) groups is 2. The molecule has 1 heterocycles. The summed E-state index contributed by atoms with van der Waals surface area (Å²) in [5.41, 5.74) is 2.83. The molecule has 172 valence electrons. The molecule has 0 aliphatic carbocycles. The molecule has 1 aromatic heterocycles. The summed E-state index contributed by atoms with van der Waals surface area (Å²) in [6.07, 6.45) is 1.92. The molecule has 0 saturated heterocycles. The third-order valence-electron chi connectivity index (χ3n) is 5.31. The Labute approximate surface area is 201 Å². The molecule has 5 nitrogen and oxygen atoms in total. The zero-order valence-electron chi connectivity index (χ0n) is 18.9. The van der Waals surface area contributed by atoms with Crippen LogP contribution in [-0.4, -0.2) is 16.4 Å². The van der Waals surface area contributed by atoms with E-state index in [9.17, 15) is 14.0 Å². The first-order chi connectivity index (χ1) is 16.4. The average Bonchev–Trinajstić information content (AvgIpc) is 3.18. The van der Waals surface area contributed by atoms with E-state index >= 15 is 0 Å². The van der Waals surface area contributed by atoms with E-state index in [1.165, 1.54) is 35.6 Å². The average molecular weight is 474 g/mol. The lowest BCUT2D eigenvalue weighted by Crippen LogP contribution is -2.26. The van der Waals surface area contributed by atoms with Crippen molar-refractivity contribution in [2.24, 2.45) is 4.99 Å². The first-order valence-corrected chi connectivity index (χ1v) is 11.7. The Bertz CT molecular complexity index is 1380. The summed E-state index contributed by atoms with van der Waals surface area (Å²) in [5, 5.41) is 3.03. The van der Waals surface area contributed by atoms with E-state index in [0.29, 0.717) is 22.5 Å². The Morgan fingerprint density at radius 3 is 2.47 bits per heavy atom. The van der Waals surface area contributed by atoms with Crippen LogP contribution in [0.5, 0.6) is 0 Å². The third kappa shape index (κ3) is 5.74. The number of halogens is 1. The van der Waals surface area contributed by atoms with Crippen molar-refractivity contribution in [3.63, 3.8) is 0 Å². The quantitative estimate of drug-likeness (QED) is 0.414. The molecule has 1 N–H and O–H groups in total. The number of hydrogen-bond donors (Lipinski definition) is 1. The van der Waals surface area contributed by atoms with Gasteiger partial charge in [-0.15, -0.1) is 11.3 Å². The number of nitrogens with one attached hydrogen (secondary N) is 1. The maximum atomic E-state index is 13.2. The van der Waals surface area contributed by atoms with Gasteiger partial charge in [0, 0.05) is 28.7 Å². The van der Waals surface area contributed by atoms with Crippen LogP contribution in [-0.2, 0) is 6.54 Å². The van der Waals surface area contributed by atoms with Gasteiger partial charge in [-0.25, -0.2) is 4.39 Å². The van der Waals surface area contributed by atoms with Crippen LogP contribution in [0.15, 0.2) is 90.1 Å². The highest BCUT2D eigenvalue weighted by Crippen LogP contribution is 2.14. The molecule has 0 spiro atoms. The van der Waals surface area contributed by atoms with Gasteiger partial charge in [0.15, 0.2) is 4.80 Å². The summed E-state index contributed by atoms with van der Waals surface area (Å²) in [7, 11) is 0. The summed E-state index contributed by atoms with van der Waals surface area (Å²) in [5.74, 6) is -0.986. The normalized spacial score (nSPS) is 12.4. The van der Waals surface area contributed by atoms with Crippen LogP contribution in [0.4, 0.5) is 4.39 Å². The van der Waals surface area contributed by atoms with Crippen LogP contribution in [0.3, 0.4) is 0 Å². The fraction of sp³-hybridized carbons (Fsp3) is 0.148. The van der Waals surface area contributed by atoms with Gasteiger partial charge in [0.25, 0.3) is 11.8 Å². The molecule has 1 unspecified atom stereocenters. The number of aryl methyl sites for hydroxylation is 1. The minimum atomic E-state index is -0.432. The van der Waals surface area contributed by atoms with Gasteiger partial charge in [-0.1, -0.05) is 42.5 Å². The number of thiazole rings is 1. The highest BCUT2D eigenvalue weighted by molar-refractivity contribution is 7.09. The van der Waals surface area contributed by atoms with E-state index in [2.05, 4.69) is 10.3 Å². The standard InChI is InChI=1S/C27H24FN3O2S/c1-18-16-31(27(34-18)30-25(32)22-11-13-24(28)14-12-22)17-20-7-6-10-23(15-20)26(33)29-19(2)21-8-4-3-5-9-21/h3-16,19H,17H2,1-2H3,(H,29,33). The Kier molecular flexibility index (Phi) is 7.13. The Morgan fingerprint density at radius 1 is 1.00 bits per heavy atom. The van der Waals surface area contributed by atoms with Gasteiger partial charge in [-0.05, 0) is 61.4 Å². The van der Waals surface area contributed by atoms with Crippen molar-refractivity contribution in [2.75, 3.05) is 0 Å². The van der Waals surface area contributed by atoms with E-state index in [4.69, 9.17) is 0 Å². The highest BCUT2D eigenvalue weighted by atomic mass is 32.1. The molecule has 0 fully saturated rings. The van der Waals surface area contributed by atoms with Gasteiger partial charge in [-0.3, -0.25) is 9.59 Å². The van der Waals surface area contributed by atoms with E-state index in [-0.39, 0.29) is 11.9 Å². The number of hydrogen-bond acceptors (Lipinski definition) is 3. The van der Waals surface area contributed by atoms with Crippen LogP contribution in [0.25, 0.3) is 0 Å². The van der Waals surface area contributed by atoms with Crippen molar-refractivity contribution in [1.82, 2.24) is 9.88 Å². The lowest BCUT2D eigenvalue weighted by Gasteiger charge is -2.15. The summed E-state index contributed by atoms with van der Waals surface area (Å²) in [6.45, 7) is 4.35. The fourth-order valence-corrected chi connectivity index (χ4v) is 4.39. The van der Waals surface area contributed by atoms with E-state index in [1.54, 1.807) is 6.07 Å². The van der Waals surface area contributed by atoms with Crippen molar-refractivity contribution < 1.29 is 14.0 Å². The van der Waals surface area contributed by atoms with Crippen molar-refractivity contribution in [3.05, 3.63) is 123 Å². The number of benzene rings is 3. The van der Waals surface area contributed by atoms with Crippen LogP contribution >= 0.6 is 11.3 Å². The van der Waals surface area contributed by atoms with Crippen LogP contribution in [0, 0.1) is 12.7 Å². The largest absolute Gasteiger partial charge is 0.346 e. The van der Waals surface area contributed by atoms with E-state index in [0.717, 1.165) is 16.0 Å². The summed E-state index contributed by atoms with van der Waals surface area (Å²) >= 11 is 1.40. The molecule has 0 bridgehead atoms. The molecule has 4 aromatic rings. The summed E-state index contributed by atoms with van der Waals surface area (Å²) in [6, 6.07) is 22.4. The monoisotopic (exact) mass is 473 g/mol. The van der Waals surface area contributed by atoms with Crippen molar-refractivity contribution in [2.45, 2.75) is 26.4 Å². The number of carbonyl (C=O) groups excluding carboxylic acids is 2. The first-order valence-electron chi connectivity index (χ1n) is 10.9. The SMILES string of the molecule is Cc1cn(Cc2cccc(C(=O)NC(C)c3ccccc3)c2)c(=NC(=O)c2ccc(F)cc2)s1. The first kappa shape index (κ1) is 23.3. The van der Waals surface area contributed by atoms with Crippen LogP contribution in [0.2, 0.25) is 0 Å². The molecule has 7 heteroatoms. The Hall–Kier alpha value is -3.84. The predicted octanol–water partition coefficient (Wildman–Crippen LogP) is 5.28. The fourth-order valence-electron chi connectivity index (χ4n) is 3.56. The molecule has 3 aromatic carbocycles. The summed E-state index contributed by atoms with van der Waals surface area (Å²) < 4.78 is 15.0. The van der Waals surface area contributed by atoms with Gasteiger partial charge in [0.05, 0.1) is 6.04 Å². The van der Waals surface area contributed by atoms with Gasteiger partial charge in [0.1, 0.15) is 5.82 Å².